The fraction of sp³-hybridized carbons (Fsp3) is 0.417. The summed E-state index contributed by atoms with van der Waals surface area (Å²) in [5.41, 5.74) is -5.10. The first kappa shape index (κ1) is 15.6. The summed E-state index contributed by atoms with van der Waals surface area (Å²) in [5.74, 6) is -1.06. The molecule has 0 saturated heterocycles. The number of carbonyl (C=O) groups is 1. The van der Waals surface area contributed by atoms with Gasteiger partial charge in [-0.1, -0.05) is 0 Å². The lowest BCUT2D eigenvalue weighted by atomic mass is 10.1. The molecule has 0 radical (unpaired) electrons. The van der Waals surface area contributed by atoms with E-state index in [1.165, 1.54) is 0 Å². The predicted molar refractivity (Wildman–Crippen MR) is 67.5 cm³/mol. The van der Waals surface area contributed by atoms with Crippen LogP contribution in [-0.2, 0) is 14.6 Å². The van der Waals surface area contributed by atoms with Crippen LogP contribution in [0.15, 0.2) is 29.2 Å². The lowest BCUT2D eigenvalue weighted by Gasteiger charge is -2.15. The number of halogens is 3. The standard InChI is InChI=1S/C12H12F3NO4S/c13-12(14,15)21(19,20)9-5-3-8(4-6-9)16-10(11(17)18)7-1-2-7/h3-7,10,16H,1-2H2,(H,17,18). The molecular formula is C12H12F3NO4S. The molecular weight excluding hydrogens is 311 g/mol. The quantitative estimate of drug-likeness (QED) is 0.868. The van der Waals surface area contributed by atoms with Gasteiger partial charge in [0.2, 0.25) is 0 Å². The fourth-order valence-electron chi connectivity index (χ4n) is 1.85. The minimum atomic E-state index is -5.39. The highest BCUT2D eigenvalue weighted by molar-refractivity contribution is 7.92. The summed E-state index contributed by atoms with van der Waals surface area (Å²) in [4.78, 5) is 10.2. The molecule has 1 unspecified atom stereocenters. The van der Waals surface area contributed by atoms with Crippen LogP contribution >= 0.6 is 0 Å². The number of hydrogen-bond donors (Lipinski definition) is 2. The van der Waals surface area contributed by atoms with Crippen LogP contribution < -0.4 is 5.32 Å². The lowest BCUT2D eigenvalue weighted by Crippen LogP contribution is -2.31. The van der Waals surface area contributed by atoms with Gasteiger partial charge in [0.15, 0.2) is 0 Å². The number of benzene rings is 1. The zero-order valence-electron chi connectivity index (χ0n) is 10.6. The number of anilines is 1. The van der Waals surface area contributed by atoms with Crippen LogP contribution in [0.3, 0.4) is 0 Å². The van der Waals surface area contributed by atoms with Gasteiger partial charge in [0, 0.05) is 5.69 Å². The Hall–Kier alpha value is -1.77. The second kappa shape index (κ2) is 5.21. The van der Waals surface area contributed by atoms with Gasteiger partial charge >= 0.3 is 11.5 Å². The van der Waals surface area contributed by atoms with Gasteiger partial charge in [-0.05, 0) is 43.0 Å². The number of carboxylic acids is 1. The third-order valence-electron chi connectivity index (χ3n) is 3.15. The Balaban J connectivity index is 2.18. The minimum absolute atomic E-state index is 0.0129. The van der Waals surface area contributed by atoms with Crippen molar-refractivity contribution in [3.8, 4) is 0 Å². The maximum absolute atomic E-state index is 12.4. The maximum atomic E-state index is 12.4. The third kappa shape index (κ3) is 3.29. The highest BCUT2D eigenvalue weighted by Crippen LogP contribution is 2.35. The van der Waals surface area contributed by atoms with Gasteiger partial charge in [0.05, 0.1) is 4.90 Å². The van der Waals surface area contributed by atoms with Crippen molar-refractivity contribution in [3.63, 3.8) is 0 Å². The van der Waals surface area contributed by atoms with Crippen molar-refractivity contribution < 1.29 is 31.5 Å². The summed E-state index contributed by atoms with van der Waals surface area (Å²) in [6, 6.07) is 3.03. The van der Waals surface area contributed by atoms with Crippen molar-refractivity contribution in [2.24, 2.45) is 5.92 Å². The first-order valence-corrected chi connectivity index (χ1v) is 7.52. The predicted octanol–water partition coefficient (Wildman–Crippen LogP) is 2.26. The number of sulfone groups is 1. The number of nitrogens with one attached hydrogen (secondary N) is 1. The molecule has 0 bridgehead atoms. The molecule has 2 N–H and O–H groups in total. The summed E-state index contributed by atoms with van der Waals surface area (Å²) < 4.78 is 59.5. The monoisotopic (exact) mass is 323 g/mol. The molecule has 0 aliphatic heterocycles. The molecule has 1 aromatic rings. The van der Waals surface area contributed by atoms with E-state index in [1.54, 1.807) is 0 Å². The van der Waals surface area contributed by atoms with Gasteiger partial charge < -0.3 is 10.4 Å². The molecule has 1 fully saturated rings. The lowest BCUT2D eigenvalue weighted by molar-refractivity contribution is -0.138. The Kier molecular flexibility index (Phi) is 3.87. The van der Waals surface area contributed by atoms with E-state index >= 15 is 0 Å². The van der Waals surface area contributed by atoms with Crippen molar-refractivity contribution in [2.75, 3.05) is 5.32 Å². The van der Waals surface area contributed by atoms with E-state index in [0.717, 1.165) is 37.1 Å². The molecule has 0 heterocycles. The topological polar surface area (TPSA) is 83.5 Å². The van der Waals surface area contributed by atoms with Gasteiger partial charge in [0.1, 0.15) is 6.04 Å². The minimum Gasteiger partial charge on any atom is -0.480 e. The van der Waals surface area contributed by atoms with Crippen molar-refractivity contribution in [1.82, 2.24) is 0 Å². The van der Waals surface area contributed by atoms with E-state index < -0.39 is 32.3 Å². The number of hydrogen-bond acceptors (Lipinski definition) is 4. The molecule has 1 aliphatic rings. The molecule has 21 heavy (non-hydrogen) atoms. The van der Waals surface area contributed by atoms with Gasteiger partial charge in [-0.3, -0.25) is 0 Å². The average Bonchev–Trinajstić information content (AvgIpc) is 3.19. The Bertz CT molecular complexity index is 635. The smallest absolute Gasteiger partial charge is 0.480 e. The summed E-state index contributed by atoms with van der Waals surface area (Å²) >= 11 is 0. The normalized spacial score (nSPS) is 17.3. The number of aliphatic carboxylic acids is 1. The SMILES string of the molecule is O=C(O)C(Nc1ccc(S(=O)(=O)C(F)(F)F)cc1)C1CC1. The molecule has 9 heteroatoms. The van der Waals surface area contributed by atoms with Crippen LogP contribution in [0, 0.1) is 5.92 Å². The Morgan fingerprint density at radius 3 is 2.14 bits per heavy atom. The molecule has 116 valence electrons. The molecule has 0 aromatic heterocycles. The highest BCUT2D eigenvalue weighted by atomic mass is 32.2. The second-order valence-corrected chi connectivity index (χ2v) is 6.71. The molecule has 5 nitrogen and oxygen atoms in total. The van der Waals surface area contributed by atoms with Gasteiger partial charge in [-0.15, -0.1) is 0 Å². The Labute approximate surface area is 118 Å². The molecule has 1 atom stereocenters. The molecule has 1 saturated carbocycles. The highest BCUT2D eigenvalue weighted by Gasteiger charge is 2.46. The van der Waals surface area contributed by atoms with E-state index in [9.17, 15) is 26.4 Å². The molecule has 1 aliphatic carbocycles. The van der Waals surface area contributed by atoms with Gasteiger partial charge in [-0.2, -0.15) is 13.2 Å². The number of rotatable bonds is 5. The first-order chi connectivity index (χ1) is 9.63. The maximum Gasteiger partial charge on any atom is 0.501 e. The van der Waals surface area contributed by atoms with Crippen LogP contribution in [0.2, 0.25) is 0 Å². The summed E-state index contributed by atoms with van der Waals surface area (Å²) in [7, 11) is -5.39. The first-order valence-electron chi connectivity index (χ1n) is 6.03. The van der Waals surface area contributed by atoms with Crippen LogP contribution in [0.4, 0.5) is 18.9 Å². The summed E-state index contributed by atoms with van der Waals surface area (Å²) in [6.45, 7) is 0. The Morgan fingerprint density at radius 1 is 1.24 bits per heavy atom. The van der Waals surface area contributed by atoms with Crippen LogP contribution in [0.1, 0.15) is 12.8 Å². The van der Waals surface area contributed by atoms with E-state index in [2.05, 4.69) is 5.32 Å². The van der Waals surface area contributed by atoms with Gasteiger partial charge in [0.25, 0.3) is 9.84 Å². The average molecular weight is 323 g/mol. The van der Waals surface area contributed by atoms with E-state index in [-0.39, 0.29) is 11.6 Å². The molecule has 1 aromatic carbocycles. The molecule has 2 rings (SSSR count). The van der Waals surface area contributed by atoms with Crippen molar-refractivity contribution in [1.29, 1.82) is 0 Å². The number of carboxylic acid groups (broad SMARTS) is 1. The molecule has 0 spiro atoms. The van der Waals surface area contributed by atoms with E-state index in [4.69, 9.17) is 5.11 Å². The molecule has 0 amide bonds. The number of alkyl halides is 3. The van der Waals surface area contributed by atoms with Crippen LogP contribution in [-0.4, -0.2) is 31.0 Å². The summed E-state index contributed by atoms with van der Waals surface area (Å²) in [6.07, 6.45) is 1.54. The van der Waals surface area contributed by atoms with E-state index in [0.29, 0.717) is 0 Å². The van der Waals surface area contributed by atoms with Crippen LogP contribution in [0.25, 0.3) is 0 Å². The van der Waals surface area contributed by atoms with Crippen molar-refractivity contribution in [2.45, 2.75) is 29.3 Å². The Morgan fingerprint density at radius 2 is 1.76 bits per heavy atom. The fourth-order valence-corrected chi connectivity index (χ4v) is 2.62. The zero-order valence-corrected chi connectivity index (χ0v) is 11.4. The van der Waals surface area contributed by atoms with Gasteiger partial charge in [-0.25, -0.2) is 13.2 Å². The third-order valence-corrected chi connectivity index (χ3v) is 4.65. The largest absolute Gasteiger partial charge is 0.501 e. The van der Waals surface area contributed by atoms with Crippen LogP contribution in [0.5, 0.6) is 0 Å². The van der Waals surface area contributed by atoms with Crippen molar-refractivity contribution >= 4 is 21.5 Å². The zero-order chi connectivity index (χ0) is 15.8. The summed E-state index contributed by atoms with van der Waals surface area (Å²) in [5, 5.41) is 11.7. The van der Waals surface area contributed by atoms with Crippen molar-refractivity contribution in [3.05, 3.63) is 24.3 Å². The second-order valence-electron chi connectivity index (χ2n) is 4.77. The van der Waals surface area contributed by atoms with E-state index in [1.807, 2.05) is 0 Å².